The van der Waals surface area contributed by atoms with Crippen molar-refractivity contribution in [2.24, 2.45) is 5.84 Å². The zero-order valence-electron chi connectivity index (χ0n) is 8.39. The molecule has 4 heteroatoms. The second-order valence-corrected chi connectivity index (χ2v) is 3.12. The molecule has 0 aliphatic heterocycles. The van der Waals surface area contributed by atoms with Crippen molar-refractivity contribution in [3.63, 3.8) is 0 Å². The molecule has 1 amide bonds. The first kappa shape index (κ1) is 12.1. The van der Waals surface area contributed by atoms with Gasteiger partial charge in [-0.15, -0.1) is 0 Å². The number of carbonyl (C=O) groups is 1. The van der Waals surface area contributed by atoms with Gasteiger partial charge in [0.25, 0.3) is 0 Å². The van der Waals surface area contributed by atoms with Crippen molar-refractivity contribution in [3.8, 4) is 0 Å². The van der Waals surface area contributed by atoms with Crippen molar-refractivity contribution < 1.29 is 4.79 Å². The summed E-state index contributed by atoms with van der Waals surface area (Å²) in [5, 5.41) is 2.73. The van der Waals surface area contributed by atoms with Crippen LogP contribution in [0.5, 0.6) is 0 Å². The summed E-state index contributed by atoms with van der Waals surface area (Å²) in [7, 11) is 0. The van der Waals surface area contributed by atoms with Crippen LogP contribution in [0.1, 0.15) is 33.1 Å². The molecule has 0 bridgehead atoms. The fraction of sp³-hybridized carbons (Fsp3) is 0.667. The predicted octanol–water partition coefficient (Wildman–Crippen LogP) is 0.658. The van der Waals surface area contributed by atoms with Crippen molar-refractivity contribution in [3.05, 3.63) is 12.2 Å². The van der Waals surface area contributed by atoms with E-state index in [4.69, 9.17) is 5.84 Å². The van der Waals surface area contributed by atoms with Crippen molar-refractivity contribution >= 4 is 5.91 Å². The zero-order chi connectivity index (χ0) is 10.3. The maximum Gasteiger partial charge on any atom is 0.247 e. The number of hydrogen-bond acceptors (Lipinski definition) is 3. The molecule has 4 N–H and O–H groups in total. The van der Waals surface area contributed by atoms with Crippen LogP contribution in [0.4, 0.5) is 0 Å². The van der Waals surface area contributed by atoms with E-state index in [1.54, 1.807) is 6.92 Å². The molecule has 0 saturated carbocycles. The van der Waals surface area contributed by atoms with Crippen LogP contribution in [0.15, 0.2) is 12.2 Å². The van der Waals surface area contributed by atoms with Crippen LogP contribution in [0.25, 0.3) is 0 Å². The average Bonchev–Trinajstić information content (AvgIpc) is 2.11. The Labute approximate surface area is 79.5 Å². The fourth-order valence-electron chi connectivity index (χ4n) is 0.887. The molecule has 76 valence electrons. The van der Waals surface area contributed by atoms with Crippen LogP contribution in [0.2, 0.25) is 0 Å². The monoisotopic (exact) mass is 185 g/mol. The van der Waals surface area contributed by atoms with Crippen LogP contribution in [-0.4, -0.2) is 12.1 Å². The molecular weight excluding hydrogens is 166 g/mol. The number of hydrogen-bond donors (Lipinski definition) is 3. The second-order valence-electron chi connectivity index (χ2n) is 3.12. The summed E-state index contributed by atoms with van der Waals surface area (Å²) in [6, 6.07) is 0. The summed E-state index contributed by atoms with van der Waals surface area (Å²) in [4.78, 5) is 11.2. The number of nitrogens with two attached hydrogens (primary N) is 1. The highest BCUT2D eigenvalue weighted by Gasteiger charge is 2.09. The maximum atomic E-state index is 11.2. The van der Waals surface area contributed by atoms with Gasteiger partial charge >= 0.3 is 0 Å². The van der Waals surface area contributed by atoms with Gasteiger partial charge in [0.1, 0.15) is 0 Å². The molecule has 1 unspecified atom stereocenters. The van der Waals surface area contributed by atoms with E-state index in [0.29, 0.717) is 5.57 Å². The third kappa shape index (κ3) is 5.38. The molecule has 0 radical (unpaired) electrons. The Bertz CT molecular complexity index is 180. The Morgan fingerprint density at radius 2 is 2.23 bits per heavy atom. The lowest BCUT2D eigenvalue weighted by Crippen LogP contribution is -2.48. The molecule has 4 nitrogen and oxygen atoms in total. The van der Waals surface area contributed by atoms with Crippen LogP contribution >= 0.6 is 0 Å². The van der Waals surface area contributed by atoms with E-state index in [0.717, 1.165) is 19.3 Å². The second kappa shape index (κ2) is 6.62. The highest BCUT2D eigenvalue weighted by molar-refractivity contribution is 5.92. The molecule has 0 fully saturated rings. The molecule has 13 heavy (non-hydrogen) atoms. The predicted molar refractivity (Wildman–Crippen MR) is 53.6 cm³/mol. The van der Waals surface area contributed by atoms with Gasteiger partial charge in [0.2, 0.25) is 5.91 Å². The zero-order valence-corrected chi connectivity index (χ0v) is 8.39. The molecule has 0 saturated heterocycles. The van der Waals surface area contributed by atoms with Gasteiger partial charge in [-0.2, -0.15) is 0 Å². The fourth-order valence-corrected chi connectivity index (χ4v) is 0.887. The number of carbonyl (C=O) groups excluding carboxylic acids is 1. The van der Waals surface area contributed by atoms with Gasteiger partial charge < -0.3 is 5.32 Å². The molecule has 0 spiro atoms. The molecule has 0 heterocycles. The number of amides is 1. The van der Waals surface area contributed by atoms with Gasteiger partial charge in [0.15, 0.2) is 0 Å². The number of rotatable bonds is 6. The Kier molecular flexibility index (Phi) is 6.18. The lowest BCUT2D eigenvalue weighted by Gasteiger charge is -2.17. The quantitative estimate of drug-likeness (QED) is 0.246. The maximum absolute atomic E-state index is 11.2. The van der Waals surface area contributed by atoms with Gasteiger partial charge in [-0.25, -0.2) is 5.43 Å². The SMILES string of the molecule is C=C(C)C(=O)NC(CCCC)NN. The summed E-state index contributed by atoms with van der Waals surface area (Å²) >= 11 is 0. The first-order valence-corrected chi connectivity index (χ1v) is 4.54. The van der Waals surface area contributed by atoms with E-state index >= 15 is 0 Å². The van der Waals surface area contributed by atoms with Gasteiger partial charge in [0, 0.05) is 5.57 Å². The lowest BCUT2D eigenvalue weighted by molar-refractivity contribution is -0.118. The van der Waals surface area contributed by atoms with E-state index in [2.05, 4.69) is 24.2 Å². The summed E-state index contributed by atoms with van der Waals surface area (Å²) in [5.74, 6) is 5.11. The van der Waals surface area contributed by atoms with Gasteiger partial charge in [-0.3, -0.25) is 10.6 Å². The highest BCUT2D eigenvalue weighted by atomic mass is 16.1. The molecular formula is C9H19N3O. The molecule has 0 aromatic carbocycles. The first-order valence-electron chi connectivity index (χ1n) is 4.54. The summed E-state index contributed by atoms with van der Waals surface area (Å²) in [6.45, 7) is 7.30. The van der Waals surface area contributed by atoms with E-state index < -0.39 is 0 Å². The van der Waals surface area contributed by atoms with Gasteiger partial charge in [0.05, 0.1) is 6.17 Å². The number of nitrogens with one attached hydrogen (secondary N) is 2. The Balaban J connectivity index is 3.83. The van der Waals surface area contributed by atoms with Crippen LogP contribution < -0.4 is 16.6 Å². The Hall–Kier alpha value is -0.870. The summed E-state index contributed by atoms with van der Waals surface area (Å²) < 4.78 is 0. The normalized spacial score (nSPS) is 12.2. The first-order chi connectivity index (χ1) is 6.11. The number of hydrazine groups is 1. The standard InChI is InChI=1S/C9H19N3O/c1-4-5-6-8(12-10)11-9(13)7(2)3/h8,12H,2,4-6,10H2,1,3H3,(H,11,13). The third-order valence-electron chi connectivity index (χ3n) is 1.74. The smallest absolute Gasteiger partial charge is 0.247 e. The topological polar surface area (TPSA) is 67.2 Å². The van der Waals surface area contributed by atoms with Gasteiger partial charge in [-0.1, -0.05) is 26.3 Å². The third-order valence-corrected chi connectivity index (χ3v) is 1.74. The van der Waals surface area contributed by atoms with Crippen LogP contribution in [-0.2, 0) is 4.79 Å². The molecule has 0 rings (SSSR count). The minimum absolute atomic E-state index is 0.149. The van der Waals surface area contributed by atoms with Crippen molar-refractivity contribution in [1.82, 2.24) is 10.7 Å². The lowest BCUT2D eigenvalue weighted by atomic mass is 10.2. The highest BCUT2D eigenvalue weighted by Crippen LogP contribution is 1.98. The van der Waals surface area contributed by atoms with Crippen molar-refractivity contribution in [2.45, 2.75) is 39.3 Å². The number of unbranched alkanes of at least 4 members (excludes halogenated alkanes) is 1. The average molecular weight is 185 g/mol. The largest absolute Gasteiger partial charge is 0.336 e. The molecule has 0 aromatic rings. The minimum Gasteiger partial charge on any atom is -0.336 e. The molecule has 1 atom stereocenters. The molecule has 0 aliphatic rings. The van der Waals surface area contributed by atoms with Gasteiger partial charge in [-0.05, 0) is 13.3 Å². The summed E-state index contributed by atoms with van der Waals surface area (Å²) in [5.41, 5.74) is 3.05. The minimum atomic E-state index is -0.154. The van der Waals surface area contributed by atoms with Crippen LogP contribution in [0.3, 0.4) is 0 Å². The van der Waals surface area contributed by atoms with Crippen LogP contribution in [0, 0.1) is 0 Å². The Morgan fingerprint density at radius 3 is 2.62 bits per heavy atom. The van der Waals surface area contributed by atoms with E-state index in [1.165, 1.54) is 0 Å². The molecule has 0 aliphatic carbocycles. The summed E-state index contributed by atoms with van der Waals surface area (Å²) in [6.07, 6.45) is 2.81. The van der Waals surface area contributed by atoms with E-state index in [1.807, 2.05) is 0 Å². The van der Waals surface area contributed by atoms with Crippen molar-refractivity contribution in [2.75, 3.05) is 0 Å². The molecule has 0 aromatic heterocycles. The van der Waals surface area contributed by atoms with E-state index in [-0.39, 0.29) is 12.1 Å². The Morgan fingerprint density at radius 1 is 1.62 bits per heavy atom. The van der Waals surface area contributed by atoms with E-state index in [9.17, 15) is 4.79 Å². The van der Waals surface area contributed by atoms with Crippen molar-refractivity contribution in [1.29, 1.82) is 0 Å².